The molecule has 2 aliphatic heterocycles. The van der Waals surface area contributed by atoms with Gasteiger partial charge in [-0.05, 0) is 18.9 Å². The molecule has 2 unspecified atom stereocenters. The summed E-state index contributed by atoms with van der Waals surface area (Å²) in [5, 5.41) is 24.6. The molecular weight excluding hydrogens is 565 g/mol. The summed E-state index contributed by atoms with van der Waals surface area (Å²) < 4.78 is 5.89. The van der Waals surface area contributed by atoms with Crippen LogP contribution in [0.25, 0.3) is 0 Å². The van der Waals surface area contributed by atoms with Gasteiger partial charge in [0.15, 0.2) is 24.1 Å². The number of nitrogens with one attached hydrogen (secondary N) is 1. The van der Waals surface area contributed by atoms with Gasteiger partial charge in [0.05, 0.1) is 0 Å². The molecule has 1 aliphatic carbocycles. The Labute approximate surface area is 236 Å². The number of hydrogen-bond donors (Lipinski definition) is 3. The molecule has 1 fully saturated rings. The van der Waals surface area contributed by atoms with E-state index in [1.54, 1.807) is 0 Å². The molecule has 1 saturated heterocycles. The number of carboxylic acids is 1. The number of carboxylic acid groups (broad SMARTS) is 1. The van der Waals surface area contributed by atoms with Gasteiger partial charge in [0.25, 0.3) is 11.8 Å². The number of oxime groups is 1. The highest BCUT2D eigenvalue weighted by atomic mass is 32.2. The van der Waals surface area contributed by atoms with Crippen molar-refractivity contribution >= 4 is 64.6 Å². The predicted octanol–water partition coefficient (Wildman–Crippen LogP) is 0.300. The van der Waals surface area contributed by atoms with Crippen LogP contribution < -0.4 is 15.6 Å². The van der Waals surface area contributed by atoms with Crippen LogP contribution in [-0.2, 0) is 38.4 Å². The van der Waals surface area contributed by atoms with E-state index >= 15 is 0 Å². The van der Waals surface area contributed by atoms with Crippen LogP contribution in [0, 0.1) is 10.7 Å². The van der Waals surface area contributed by atoms with Crippen molar-refractivity contribution < 1.29 is 28.9 Å². The summed E-state index contributed by atoms with van der Waals surface area (Å²) in [5.74, 6) is -2.03. The van der Waals surface area contributed by atoms with Crippen LogP contribution in [0.1, 0.15) is 18.7 Å². The van der Waals surface area contributed by atoms with Crippen molar-refractivity contribution in [3.8, 4) is 5.40 Å². The van der Waals surface area contributed by atoms with E-state index in [2.05, 4.69) is 32.5 Å². The molecule has 2 amide bonds. The molecular formula is C23H22N8O5S3. The van der Waals surface area contributed by atoms with Crippen molar-refractivity contribution in [1.29, 1.82) is 5.26 Å². The molecule has 3 aliphatic rings. The van der Waals surface area contributed by atoms with Gasteiger partial charge in [0.2, 0.25) is 11.5 Å². The number of nitrogens with zero attached hydrogens (tertiary/aromatic N) is 6. The lowest BCUT2D eigenvalue weighted by molar-refractivity contribution is -0.689. The SMILES string of the molecule is N#C[S-].Nc1nc(C(=NOC2C=CCC2)C(=O)NC2C(=O)N3C(C(=O)O)=C(C[n+]4ccccc4)CS[C@@H]23)ns1. The average molecular weight is 587 g/mol. The number of allylic oxidation sites excluding steroid dienone is 1. The highest BCUT2D eigenvalue weighted by molar-refractivity contribution is 8.00. The Morgan fingerprint density at radius 2 is 2.13 bits per heavy atom. The molecule has 13 nitrogen and oxygen atoms in total. The highest BCUT2D eigenvalue weighted by Gasteiger charge is 2.54. The van der Waals surface area contributed by atoms with Crippen molar-refractivity contribution in [3.63, 3.8) is 0 Å². The van der Waals surface area contributed by atoms with Crippen LogP contribution in [0.3, 0.4) is 0 Å². The Kier molecular flexibility index (Phi) is 9.07. The van der Waals surface area contributed by atoms with Crippen molar-refractivity contribution in [2.45, 2.75) is 36.9 Å². The van der Waals surface area contributed by atoms with Gasteiger partial charge in [-0.15, -0.1) is 11.8 Å². The molecule has 0 bridgehead atoms. The van der Waals surface area contributed by atoms with E-state index in [1.165, 1.54) is 22.1 Å². The van der Waals surface area contributed by atoms with Gasteiger partial charge in [0.1, 0.15) is 23.2 Å². The molecule has 202 valence electrons. The van der Waals surface area contributed by atoms with E-state index in [0.29, 0.717) is 17.9 Å². The fourth-order valence-electron chi connectivity index (χ4n) is 4.10. The zero-order valence-corrected chi connectivity index (χ0v) is 22.6. The van der Waals surface area contributed by atoms with Gasteiger partial charge in [-0.25, -0.2) is 14.6 Å². The van der Waals surface area contributed by atoms with Gasteiger partial charge in [-0.2, -0.15) is 9.36 Å². The van der Waals surface area contributed by atoms with E-state index < -0.39 is 29.2 Å². The third-order valence-electron chi connectivity index (χ3n) is 5.80. The normalized spacial score (nSPS) is 21.7. The third-order valence-corrected chi connectivity index (χ3v) is 7.69. The second-order valence-corrected chi connectivity index (χ2v) is 10.4. The number of carbonyl (C=O) groups excluding carboxylic acids is 2. The Bertz CT molecular complexity index is 1390. The van der Waals surface area contributed by atoms with Crippen molar-refractivity contribution in [2.75, 3.05) is 11.5 Å². The number of hydrogen-bond acceptors (Lipinski definition) is 12. The topological polar surface area (TPSA) is 188 Å². The summed E-state index contributed by atoms with van der Waals surface area (Å²) in [6.07, 6.45) is 8.76. The van der Waals surface area contributed by atoms with E-state index in [9.17, 15) is 19.5 Å². The molecule has 0 spiro atoms. The fraction of sp³-hybridized carbons (Fsp3) is 0.304. The Hall–Kier alpha value is -4.07. The van der Waals surface area contributed by atoms with Crippen molar-refractivity contribution in [1.82, 2.24) is 19.6 Å². The largest absolute Gasteiger partial charge is 0.696 e. The summed E-state index contributed by atoms with van der Waals surface area (Å²) >= 11 is 5.99. The maximum Gasteiger partial charge on any atom is 0.352 e. The maximum absolute atomic E-state index is 13.1. The summed E-state index contributed by atoms with van der Waals surface area (Å²) in [4.78, 5) is 49.0. The van der Waals surface area contributed by atoms with Crippen LogP contribution in [-0.4, -0.2) is 66.1 Å². The molecule has 39 heavy (non-hydrogen) atoms. The van der Waals surface area contributed by atoms with Crippen LogP contribution in [0.2, 0.25) is 0 Å². The second-order valence-electron chi connectivity index (χ2n) is 8.30. The van der Waals surface area contributed by atoms with Gasteiger partial charge in [0, 0.05) is 35.0 Å². The number of pyridine rings is 1. The number of anilines is 1. The van der Waals surface area contributed by atoms with E-state index in [-0.39, 0.29) is 28.5 Å². The number of carbonyl (C=O) groups is 3. The first-order valence-corrected chi connectivity index (χ1v) is 13.7. The van der Waals surface area contributed by atoms with Crippen LogP contribution in [0.4, 0.5) is 5.13 Å². The minimum Gasteiger partial charge on any atom is -0.696 e. The second kappa shape index (κ2) is 12.7. The van der Waals surface area contributed by atoms with Crippen molar-refractivity contribution in [3.05, 3.63) is 59.8 Å². The first-order valence-electron chi connectivity index (χ1n) is 11.5. The maximum atomic E-state index is 13.1. The smallest absolute Gasteiger partial charge is 0.352 e. The van der Waals surface area contributed by atoms with Crippen LogP contribution in [0.5, 0.6) is 0 Å². The quantitative estimate of drug-likeness (QED) is 0.0734. The number of β-lactam (4-membered cyclic amide) rings is 1. The van der Waals surface area contributed by atoms with E-state index in [4.69, 9.17) is 15.8 Å². The predicted molar refractivity (Wildman–Crippen MR) is 143 cm³/mol. The lowest BCUT2D eigenvalue weighted by Gasteiger charge is -2.49. The minimum atomic E-state index is -1.19. The molecule has 0 saturated carbocycles. The third kappa shape index (κ3) is 6.33. The number of aromatic nitrogens is 3. The molecule has 0 aromatic carbocycles. The molecule has 2 aromatic rings. The zero-order valence-electron chi connectivity index (χ0n) is 20.2. The number of amides is 2. The molecule has 5 rings (SSSR count). The average Bonchev–Trinajstić information content (AvgIpc) is 3.60. The number of aliphatic carboxylic acids is 1. The van der Waals surface area contributed by atoms with Crippen LogP contribution >= 0.6 is 23.3 Å². The van der Waals surface area contributed by atoms with Gasteiger partial charge >= 0.3 is 5.97 Å². The first-order chi connectivity index (χ1) is 18.8. The Morgan fingerprint density at radius 1 is 1.38 bits per heavy atom. The molecule has 0 radical (unpaired) electrons. The zero-order chi connectivity index (χ0) is 27.9. The lowest BCUT2D eigenvalue weighted by atomic mass is 10.0. The molecule has 4 heterocycles. The minimum absolute atomic E-state index is 0.00908. The van der Waals surface area contributed by atoms with Gasteiger partial charge in [-0.3, -0.25) is 14.5 Å². The Morgan fingerprint density at radius 3 is 2.74 bits per heavy atom. The number of nitriles is 1. The van der Waals surface area contributed by atoms with Crippen molar-refractivity contribution in [2.24, 2.45) is 5.16 Å². The summed E-state index contributed by atoms with van der Waals surface area (Å²) in [5.41, 5.74) is 6.03. The number of fused-ring (bicyclic) bond motifs is 1. The molecule has 2 aromatic heterocycles. The lowest BCUT2D eigenvalue weighted by Crippen LogP contribution is -2.71. The molecule has 4 N–H and O–H groups in total. The Balaban J connectivity index is 0.00000112. The number of nitrogens with two attached hydrogens (primary N) is 1. The highest BCUT2D eigenvalue weighted by Crippen LogP contribution is 2.40. The summed E-state index contributed by atoms with van der Waals surface area (Å²) in [6, 6.07) is 4.62. The monoisotopic (exact) mass is 586 g/mol. The van der Waals surface area contributed by atoms with Gasteiger partial charge in [-0.1, -0.05) is 22.7 Å². The number of thiocyanates is 1. The van der Waals surface area contributed by atoms with Gasteiger partial charge < -0.3 is 33.6 Å². The fourth-order valence-corrected chi connectivity index (χ4v) is 5.87. The van der Waals surface area contributed by atoms with E-state index in [0.717, 1.165) is 24.4 Å². The molecule has 3 atom stereocenters. The van der Waals surface area contributed by atoms with Crippen LogP contribution in [0.15, 0.2) is 59.2 Å². The number of nitrogen functional groups attached to an aromatic ring is 1. The standard InChI is InChI=1S/C22H21N7O5S2.CHNS/c23-22-25-17(27-36-22)14(26-34-13-6-2-3-7-13)18(30)24-15-19(31)29-16(21(32)33)12(11-35-20(15)29)10-28-8-4-1-5-9-28;2-1-3/h1-2,4-6,8-9,13,15,20H,3,7,10-11H2,(H3-,23,24,25,27,30,32,33);3H/t13?,15?,20-;/m0./s1. The van der Waals surface area contributed by atoms with E-state index in [1.807, 2.05) is 47.3 Å². The molecule has 16 heteroatoms. The number of rotatable bonds is 8. The summed E-state index contributed by atoms with van der Waals surface area (Å²) in [6.45, 7) is 0.337. The first kappa shape index (κ1) is 28.0. The number of thioether (sulfide) groups is 1. The summed E-state index contributed by atoms with van der Waals surface area (Å²) in [7, 11) is 0.